The van der Waals surface area contributed by atoms with Gasteiger partial charge in [-0.05, 0) is 31.2 Å². The lowest BCUT2D eigenvalue weighted by Crippen LogP contribution is -2.39. The number of rotatable bonds is 1. The van der Waals surface area contributed by atoms with Crippen molar-refractivity contribution >= 4 is 21.4 Å². The number of carbonyl (C=O) groups is 1. The van der Waals surface area contributed by atoms with Crippen molar-refractivity contribution in [2.24, 2.45) is 0 Å². The molecule has 0 spiro atoms. The highest BCUT2D eigenvalue weighted by Crippen LogP contribution is 2.31. The van der Waals surface area contributed by atoms with Crippen LogP contribution < -0.4 is 4.90 Å². The lowest BCUT2D eigenvalue weighted by atomic mass is 10.1. The SMILES string of the molecule is Cc1cccc(C(=O)N2CCS(=O)(=O)c3ccccc32)c1. The Hall–Kier alpha value is -2.14. The molecular formula is C16H15NO3S. The third-order valence-corrected chi connectivity index (χ3v) is 5.32. The first kappa shape index (κ1) is 13.8. The Labute approximate surface area is 123 Å². The van der Waals surface area contributed by atoms with Gasteiger partial charge in [0.15, 0.2) is 9.84 Å². The Kier molecular flexibility index (Phi) is 3.29. The van der Waals surface area contributed by atoms with E-state index in [1.807, 2.05) is 25.1 Å². The van der Waals surface area contributed by atoms with E-state index >= 15 is 0 Å². The summed E-state index contributed by atoms with van der Waals surface area (Å²) >= 11 is 0. The number of hydrogen-bond acceptors (Lipinski definition) is 3. The Morgan fingerprint density at radius 3 is 2.62 bits per heavy atom. The molecule has 21 heavy (non-hydrogen) atoms. The van der Waals surface area contributed by atoms with E-state index in [0.717, 1.165) is 5.56 Å². The molecule has 1 aliphatic heterocycles. The lowest BCUT2D eigenvalue weighted by Gasteiger charge is -2.29. The fourth-order valence-electron chi connectivity index (χ4n) is 2.53. The Bertz CT molecular complexity index is 812. The number of nitrogens with zero attached hydrogens (tertiary/aromatic N) is 1. The number of carbonyl (C=O) groups excluding carboxylic acids is 1. The van der Waals surface area contributed by atoms with E-state index in [2.05, 4.69) is 0 Å². The molecule has 0 N–H and O–H groups in total. The molecule has 5 heteroatoms. The van der Waals surface area contributed by atoms with E-state index in [-0.39, 0.29) is 23.1 Å². The minimum atomic E-state index is -3.29. The first-order valence-corrected chi connectivity index (χ1v) is 8.34. The molecule has 2 aromatic carbocycles. The number of hydrogen-bond donors (Lipinski definition) is 0. The van der Waals surface area contributed by atoms with E-state index < -0.39 is 9.84 Å². The van der Waals surface area contributed by atoms with Crippen LogP contribution in [0.5, 0.6) is 0 Å². The summed E-state index contributed by atoms with van der Waals surface area (Å²) in [6.45, 7) is 2.11. The fraction of sp³-hybridized carbons (Fsp3) is 0.188. The average molecular weight is 301 g/mol. The molecule has 0 radical (unpaired) electrons. The molecule has 0 aromatic heterocycles. The van der Waals surface area contributed by atoms with Crippen LogP contribution in [0, 0.1) is 6.92 Å². The second-order valence-electron chi connectivity index (χ2n) is 5.11. The van der Waals surface area contributed by atoms with Crippen LogP contribution in [-0.4, -0.2) is 26.6 Å². The van der Waals surface area contributed by atoms with Crippen molar-refractivity contribution in [1.29, 1.82) is 0 Å². The van der Waals surface area contributed by atoms with Gasteiger partial charge in [-0.2, -0.15) is 0 Å². The quantitative estimate of drug-likeness (QED) is 0.813. The second kappa shape index (κ2) is 5.00. The van der Waals surface area contributed by atoms with Gasteiger partial charge in [0.25, 0.3) is 5.91 Å². The first-order valence-electron chi connectivity index (χ1n) is 6.69. The fourth-order valence-corrected chi connectivity index (χ4v) is 3.96. The Balaban J connectivity index is 2.07. The molecule has 1 aliphatic rings. The predicted molar refractivity (Wildman–Crippen MR) is 81.4 cm³/mol. The zero-order valence-electron chi connectivity index (χ0n) is 11.6. The van der Waals surface area contributed by atoms with Crippen molar-refractivity contribution < 1.29 is 13.2 Å². The minimum Gasteiger partial charge on any atom is -0.306 e. The molecule has 1 heterocycles. The van der Waals surface area contributed by atoms with E-state index in [0.29, 0.717) is 11.3 Å². The Morgan fingerprint density at radius 2 is 1.86 bits per heavy atom. The van der Waals surface area contributed by atoms with Gasteiger partial charge in [0.1, 0.15) is 0 Å². The summed E-state index contributed by atoms with van der Waals surface area (Å²) < 4.78 is 24.2. The summed E-state index contributed by atoms with van der Waals surface area (Å²) in [6, 6.07) is 14.0. The highest BCUT2D eigenvalue weighted by molar-refractivity contribution is 7.91. The van der Waals surface area contributed by atoms with Gasteiger partial charge in [0.2, 0.25) is 0 Å². The van der Waals surface area contributed by atoms with Crippen molar-refractivity contribution in [2.45, 2.75) is 11.8 Å². The van der Waals surface area contributed by atoms with Crippen molar-refractivity contribution in [3.05, 3.63) is 59.7 Å². The van der Waals surface area contributed by atoms with Gasteiger partial charge in [-0.25, -0.2) is 8.42 Å². The van der Waals surface area contributed by atoms with Gasteiger partial charge in [0, 0.05) is 12.1 Å². The molecule has 0 unspecified atom stereocenters. The van der Waals surface area contributed by atoms with E-state index in [4.69, 9.17) is 0 Å². The minimum absolute atomic E-state index is 0.0401. The van der Waals surface area contributed by atoms with Gasteiger partial charge in [-0.1, -0.05) is 29.8 Å². The molecule has 1 amide bonds. The summed E-state index contributed by atoms with van der Waals surface area (Å²) in [4.78, 5) is 14.4. The number of benzene rings is 2. The van der Waals surface area contributed by atoms with Crippen LogP contribution in [-0.2, 0) is 9.84 Å². The topological polar surface area (TPSA) is 54.5 Å². The number of fused-ring (bicyclic) bond motifs is 1. The standard InChI is InChI=1S/C16H15NO3S/c1-12-5-4-6-13(11-12)16(18)17-9-10-21(19,20)15-8-3-2-7-14(15)17/h2-8,11H,9-10H2,1H3. The van der Waals surface area contributed by atoms with Crippen LogP contribution in [0.4, 0.5) is 5.69 Å². The van der Waals surface area contributed by atoms with Crippen molar-refractivity contribution in [1.82, 2.24) is 0 Å². The summed E-state index contributed by atoms with van der Waals surface area (Å²) in [7, 11) is -3.29. The molecular weight excluding hydrogens is 286 g/mol. The number of anilines is 1. The van der Waals surface area contributed by atoms with E-state index in [1.54, 1.807) is 35.2 Å². The van der Waals surface area contributed by atoms with Gasteiger partial charge in [-0.3, -0.25) is 4.79 Å². The van der Waals surface area contributed by atoms with Crippen LogP contribution in [0.2, 0.25) is 0 Å². The molecule has 0 bridgehead atoms. The molecule has 2 aromatic rings. The van der Waals surface area contributed by atoms with Crippen molar-refractivity contribution in [2.75, 3.05) is 17.2 Å². The largest absolute Gasteiger partial charge is 0.306 e. The number of para-hydroxylation sites is 1. The summed E-state index contributed by atoms with van der Waals surface area (Å²) in [6.07, 6.45) is 0. The lowest BCUT2D eigenvalue weighted by molar-refractivity contribution is 0.0987. The maximum absolute atomic E-state index is 12.7. The molecule has 108 valence electrons. The van der Waals surface area contributed by atoms with Crippen molar-refractivity contribution in [3.63, 3.8) is 0 Å². The highest BCUT2D eigenvalue weighted by atomic mass is 32.2. The van der Waals surface area contributed by atoms with E-state index in [1.165, 1.54) is 0 Å². The van der Waals surface area contributed by atoms with Crippen molar-refractivity contribution in [3.8, 4) is 0 Å². The summed E-state index contributed by atoms with van der Waals surface area (Å²) in [5.74, 6) is -0.206. The predicted octanol–water partition coefficient (Wildman–Crippen LogP) is 2.43. The average Bonchev–Trinajstić information content (AvgIpc) is 2.47. The maximum Gasteiger partial charge on any atom is 0.258 e. The molecule has 0 atom stereocenters. The van der Waals surface area contributed by atoms with Gasteiger partial charge < -0.3 is 4.90 Å². The number of aryl methyl sites for hydroxylation is 1. The van der Waals surface area contributed by atoms with Gasteiger partial charge >= 0.3 is 0 Å². The van der Waals surface area contributed by atoms with Gasteiger partial charge in [-0.15, -0.1) is 0 Å². The van der Waals surface area contributed by atoms with Crippen LogP contribution in [0.25, 0.3) is 0 Å². The third kappa shape index (κ3) is 2.45. The number of amides is 1. The maximum atomic E-state index is 12.7. The normalized spacial score (nSPS) is 16.3. The molecule has 3 rings (SSSR count). The monoisotopic (exact) mass is 301 g/mol. The summed E-state index contributed by atoms with van der Waals surface area (Å²) in [5.41, 5.74) is 2.04. The molecule has 0 fully saturated rings. The van der Waals surface area contributed by atoms with E-state index in [9.17, 15) is 13.2 Å². The van der Waals surface area contributed by atoms with Crippen LogP contribution in [0.3, 0.4) is 0 Å². The summed E-state index contributed by atoms with van der Waals surface area (Å²) in [5, 5.41) is 0. The molecule has 0 aliphatic carbocycles. The molecule has 0 saturated carbocycles. The second-order valence-corrected chi connectivity index (χ2v) is 7.19. The molecule has 4 nitrogen and oxygen atoms in total. The third-order valence-electron chi connectivity index (χ3n) is 3.58. The first-order chi connectivity index (χ1) is 9.99. The smallest absolute Gasteiger partial charge is 0.258 e. The Morgan fingerprint density at radius 1 is 1.10 bits per heavy atom. The zero-order chi connectivity index (χ0) is 15.0. The molecule has 0 saturated heterocycles. The van der Waals surface area contributed by atoms with Gasteiger partial charge in [0.05, 0.1) is 16.3 Å². The van der Waals surface area contributed by atoms with Crippen LogP contribution in [0.15, 0.2) is 53.4 Å². The highest BCUT2D eigenvalue weighted by Gasteiger charge is 2.31. The van der Waals surface area contributed by atoms with Crippen LogP contribution in [0.1, 0.15) is 15.9 Å². The van der Waals surface area contributed by atoms with Crippen LogP contribution >= 0.6 is 0 Å². The zero-order valence-corrected chi connectivity index (χ0v) is 12.4. The number of sulfone groups is 1.